The molecule has 4 unspecified atom stereocenters. The van der Waals surface area contributed by atoms with E-state index < -0.39 is 0 Å². The van der Waals surface area contributed by atoms with Crippen LogP contribution in [0.1, 0.15) is 19.3 Å². The van der Waals surface area contributed by atoms with Gasteiger partial charge in [-0.15, -0.1) is 0 Å². The summed E-state index contributed by atoms with van der Waals surface area (Å²) in [7, 11) is 0. The fourth-order valence-electron chi connectivity index (χ4n) is 4.10. The van der Waals surface area contributed by atoms with Crippen LogP contribution in [-0.2, 0) is 0 Å². The van der Waals surface area contributed by atoms with Gasteiger partial charge in [0.1, 0.15) is 16.7 Å². The molecule has 1 heterocycles. The number of nitrogens with zero attached hydrogens (tertiary/aromatic N) is 2. The average Bonchev–Trinajstić information content (AvgIpc) is 2.70. The van der Waals surface area contributed by atoms with Crippen LogP contribution in [0.5, 0.6) is 0 Å². The summed E-state index contributed by atoms with van der Waals surface area (Å²) in [4.78, 5) is 8.31. The predicted molar refractivity (Wildman–Crippen MR) is 65.0 cm³/mol. The van der Waals surface area contributed by atoms with Gasteiger partial charge in [-0.3, -0.25) is 0 Å². The van der Waals surface area contributed by atoms with E-state index in [0.717, 1.165) is 34.1 Å². The molecule has 3 fully saturated rings. The molecule has 84 valence electrons. The molecule has 16 heavy (non-hydrogen) atoms. The number of halogens is 1. The Morgan fingerprint density at radius 2 is 1.94 bits per heavy atom. The summed E-state index contributed by atoms with van der Waals surface area (Å²) in [5, 5.41) is 3.58. The van der Waals surface area contributed by atoms with E-state index in [-0.39, 0.29) is 0 Å². The third-order valence-electron chi connectivity index (χ3n) is 4.68. The Bertz CT molecular complexity index is 420. The monoisotopic (exact) mass is 279 g/mol. The van der Waals surface area contributed by atoms with Gasteiger partial charge in [0, 0.05) is 12.1 Å². The van der Waals surface area contributed by atoms with E-state index >= 15 is 0 Å². The second-order valence-corrected chi connectivity index (χ2v) is 6.20. The van der Waals surface area contributed by atoms with E-state index in [1.165, 1.54) is 19.3 Å². The van der Waals surface area contributed by atoms with Crippen LogP contribution in [0.3, 0.4) is 0 Å². The lowest BCUT2D eigenvalue weighted by atomic mass is 10.0. The lowest BCUT2D eigenvalue weighted by molar-refractivity contribution is 0.456. The lowest BCUT2D eigenvalue weighted by Gasteiger charge is -2.10. The molecular formula is C12H14BrN3. The first-order valence-electron chi connectivity index (χ1n) is 6.07. The topological polar surface area (TPSA) is 37.8 Å². The largest absolute Gasteiger partial charge is 0.367 e. The van der Waals surface area contributed by atoms with Crippen molar-refractivity contribution in [1.82, 2.24) is 9.97 Å². The quantitative estimate of drug-likeness (QED) is 0.846. The SMILES string of the molecule is Brc1cc(NC2C3C4CCC(C4)C23)ncn1. The Morgan fingerprint density at radius 1 is 1.19 bits per heavy atom. The highest BCUT2D eigenvalue weighted by atomic mass is 79.9. The van der Waals surface area contributed by atoms with E-state index in [0.29, 0.717) is 6.04 Å². The standard InChI is InChI=1S/C12H14BrN3/c13-8-4-9(15-5-14-8)16-12-10-6-1-2-7(3-6)11(10)12/h4-7,10-12H,1-3H2,(H,14,15,16). The minimum atomic E-state index is 0.702. The van der Waals surface area contributed by atoms with Gasteiger partial charge in [-0.05, 0) is 58.9 Å². The van der Waals surface area contributed by atoms with Crippen LogP contribution in [-0.4, -0.2) is 16.0 Å². The van der Waals surface area contributed by atoms with Crippen LogP contribution < -0.4 is 5.32 Å². The van der Waals surface area contributed by atoms with Crippen molar-refractivity contribution >= 4 is 21.7 Å². The van der Waals surface area contributed by atoms with Gasteiger partial charge in [-0.1, -0.05) is 0 Å². The molecule has 4 rings (SSSR count). The van der Waals surface area contributed by atoms with Gasteiger partial charge in [0.25, 0.3) is 0 Å². The summed E-state index contributed by atoms with van der Waals surface area (Å²) in [5.41, 5.74) is 0. The highest BCUT2D eigenvalue weighted by Crippen LogP contribution is 2.66. The van der Waals surface area contributed by atoms with Gasteiger partial charge in [-0.2, -0.15) is 0 Å². The molecule has 0 spiro atoms. The number of hydrogen-bond acceptors (Lipinski definition) is 3. The number of fused-ring (bicyclic) bond motifs is 5. The maximum Gasteiger partial charge on any atom is 0.130 e. The minimum Gasteiger partial charge on any atom is -0.367 e. The van der Waals surface area contributed by atoms with Crippen LogP contribution in [0.25, 0.3) is 0 Å². The van der Waals surface area contributed by atoms with Gasteiger partial charge < -0.3 is 5.32 Å². The van der Waals surface area contributed by atoms with Crippen molar-refractivity contribution in [1.29, 1.82) is 0 Å². The summed E-state index contributed by atoms with van der Waals surface area (Å²) in [5.74, 6) is 4.90. The summed E-state index contributed by atoms with van der Waals surface area (Å²) in [6.45, 7) is 0. The van der Waals surface area contributed by atoms with Crippen molar-refractivity contribution in [3.8, 4) is 0 Å². The van der Waals surface area contributed by atoms with Crippen LogP contribution in [0.2, 0.25) is 0 Å². The van der Waals surface area contributed by atoms with Crippen molar-refractivity contribution in [2.75, 3.05) is 5.32 Å². The second kappa shape index (κ2) is 3.19. The van der Waals surface area contributed by atoms with Crippen LogP contribution in [0.15, 0.2) is 17.0 Å². The van der Waals surface area contributed by atoms with Gasteiger partial charge in [-0.25, -0.2) is 9.97 Å². The third kappa shape index (κ3) is 1.25. The highest BCUT2D eigenvalue weighted by molar-refractivity contribution is 9.10. The van der Waals surface area contributed by atoms with E-state index in [2.05, 4.69) is 31.2 Å². The molecule has 1 N–H and O–H groups in total. The summed E-state index contributed by atoms with van der Waals surface area (Å²) < 4.78 is 0.860. The van der Waals surface area contributed by atoms with Gasteiger partial charge >= 0.3 is 0 Å². The zero-order valence-corrected chi connectivity index (χ0v) is 10.5. The molecule has 3 nitrogen and oxygen atoms in total. The molecule has 3 aliphatic carbocycles. The van der Waals surface area contributed by atoms with Gasteiger partial charge in [0.2, 0.25) is 0 Å². The summed E-state index contributed by atoms with van der Waals surface area (Å²) >= 11 is 3.38. The van der Waals surface area contributed by atoms with E-state index in [4.69, 9.17) is 0 Å². The predicted octanol–water partition coefficient (Wildman–Crippen LogP) is 2.70. The Balaban J connectivity index is 1.51. The van der Waals surface area contributed by atoms with E-state index in [1.54, 1.807) is 6.33 Å². The summed E-state index contributed by atoms with van der Waals surface area (Å²) in [6.07, 6.45) is 6.05. The number of rotatable bonds is 2. The molecule has 1 aromatic rings. The van der Waals surface area contributed by atoms with Crippen LogP contribution in [0.4, 0.5) is 5.82 Å². The number of hydrogen-bond donors (Lipinski definition) is 1. The Kier molecular flexibility index (Phi) is 1.87. The molecule has 0 radical (unpaired) electrons. The van der Waals surface area contributed by atoms with Crippen molar-refractivity contribution in [3.63, 3.8) is 0 Å². The first kappa shape index (κ1) is 9.40. The molecule has 0 saturated heterocycles. The van der Waals surface area contributed by atoms with Crippen molar-refractivity contribution in [2.24, 2.45) is 23.7 Å². The van der Waals surface area contributed by atoms with Crippen molar-refractivity contribution < 1.29 is 0 Å². The fraction of sp³-hybridized carbons (Fsp3) is 0.667. The highest BCUT2D eigenvalue weighted by Gasteiger charge is 2.65. The van der Waals surface area contributed by atoms with Crippen molar-refractivity contribution in [3.05, 3.63) is 17.0 Å². The zero-order chi connectivity index (χ0) is 10.7. The summed E-state index contributed by atoms with van der Waals surface area (Å²) in [6, 6.07) is 2.67. The molecule has 0 aromatic carbocycles. The maximum atomic E-state index is 4.27. The average molecular weight is 280 g/mol. The lowest BCUT2D eigenvalue weighted by Crippen LogP contribution is -2.13. The number of nitrogens with one attached hydrogen (secondary N) is 1. The van der Waals surface area contributed by atoms with Crippen LogP contribution >= 0.6 is 15.9 Å². The molecule has 4 heteroatoms. The fourth-order valence-corrected chi connectivity index (χ4v) is 4.41. The molecule has 3 aliphatic rings. The third-order valence-corrected chi connectivity index (χ3v) is 5.12. The minimum absolute atomic E-state index is 0.702. The smallest absolute Gasteiger partial charge is 0.130 e. The Labute approximate surface area is 103 Å². The molecule has 4 atom stereocenters. The van der Waals surface area contributed by atoms with Crippen LogP contribution in [0, 0.1) is 23.7 Å². The van der Waals surface area contributed by atoms with E-state index in [9.17, 15) is 0 Å². The second-order valence-electron chi connectivity index (χ2n) is 5.38. The first-order valence-corrected chi connectivity index (χ1v) is 6.86. The first-order chi connectivity index (χ1) is 7.83. The number of anilines is 1. The zero-order valence-electron chi connectivity index (χ0n) is 8.94. The molecule has 3 saturated carbocycles. The molecule has 0 amide bonds. The van der Waals surface area contributed by atoms with E-state index in [1.807, 2.05) is 6.07 Å². The maximum absolute atomic E-state index is 4.27. The Morgan fingerprint density at radius 3 is 2.62 bits per heavy atom. The van der Waals surface area contributed by atoms with Gasteiger partial charge in [0.15, 0.2) is 0 Å². The molecule has 1 aromatic heterocycles. The normalized spacial score (nSPS) is 43.2. The molecular weight excluding hydrogens is 266 g/mol. The molecule has 2 bridgehead atoms. The van der Waals surface area contributed by atoms with Crippen molar-refractivity contribution in [2.45, 2.75) is 25.3 Å². The Hall–Kier alpha value is -0.640. The number of aromatic nitrogens is 2. The van der Waals surface area contributed by atoms with Gasteiger partial charge in [0.05, 0.1) is 0 Å². The molecule has 0 aliphatic heterocycles.